The Kier molecular flexibility index (Phi) is 5.19. The Hall–Kier alpha value is -2.16. The molecular weight excluding hydrogens is 313 g/mol. The van der Waals surface area contributed by atoms with Gasteiger partial charge in [0.2, 0.25) is 0 Å². The summed E-state index contributed by atoms with van der Waals surface area (Å²) in [7, 11) is 0. The van der Waals surface area contributed by atoms with Crippen LogP contribution in [0.4, 0.5) is 13.2 Å². The van der Waals surface area contributed by atoms with Crippen molar-refractivity contribution < 1.29 is 22.8 Å². The van der Waals surface area contributed by atoms with Gasteiger partial charge in [-0.25, -0.2) is 0 Å². The van der Waals surface area contributed by atoms with Gasteiger partial charge in [0, 0.05) is 25.8 Å². The summed E-state index contributed by atoms with van der Waals surface area (Å²) >= 11 is 0. The van der Waals surface area contributed by atoms with E-state index in [0.29, 0.717) is 25.2 Å². The van der Waals surface area contributed by atoms with Gasteiger partial charge in [-0.3, -0.25) is 19.5 Å². The van der Waals surface area contributed by atoms with Crippen molar-refractivity contribution in [1.82, 2.24) is 15.2 Å². The van der Waals surface area contributed by atoms with Crippen molar-refractivity contribution in [3.63, 3.8) is 0 Å². The molecule has 1 aliphatic heterocycles. The standard InChI is InChI=1S/C14H17F3N4O2/c15-14(16,17)11-2-1-9(5-19-11)7-21-4-3-10(8-21)6-20-13(23)12(18)22/h1-2,5,10H,3-4,6-8H2,(H2,18,22)(H,20,23)/t10-/m1/s1. The van der Waals surface area contributed by atoms with Gasteiger partial charge in [0.15, 0.2) is 0 Å². The Morgan fingerprint density at radius 3 is 2.70 bits per heavy atom. The highest BCUT2D eigenvalue weighted by molar-refractivity contribution is 6.34. The van der Waals surface area contributed by atoms with Crippen LogP contribution in [-0.2, 0) is 22.3 Å². The number of rotatable bonds is 4. The number of carbonyl (C=O) groups excluding carboxylic acids is 2. The first-order valence-electron chi connectivity index (χ1n) is 7.08. The number of halogens is 3. The van der Waals surface area contributed by atoms with Crippen molar-refractivity contribution in [2.24, 2.45) is 11.7 Å². The lowest BCUT2D eigenvalue weighted by atomic mass is 10.1. The second kappa shape index (κ2) is 6.95. The van der Waals surface area contributed by atoms with Gasteiger partial charge in [-0.05, 0) is 30.5 Å². The molecular formula is C14H17F3N4O2. The lowest BCUT2D eigenvalue weighted by Gasteiger charge is -2.16. The number of nitrogens with two attached hydrogens (primary N) is 1. The number of alkyl halides is 3. The van der Waals surface area contributed by atoms with E-state index in [2.05, 4.69) is 15.2 Å². The molecule has 2 rings (SSSR count). The molecule has 1 aromatic heterocycles. The normalized spacial score (nSPS) is 18.8. The van der Waals surface area contributed by atoms with Gasteiger partial charge in [0.25, 0.3) is 0 Å². The number of hydrogen-bond acceptors (Lipinski definition) is 4. The summed E-state index contributed by atoms with van der Waals surface area (Å²) in [6.45, 7) is 2.28. The molecule has 6 nitrogen and oxygen atoms in total. The second-order valence-electron chi connectivity index (χ2n) is 5.51. The quantitative estimate of drug-likeness (QED) is 0.788. The highest BCUT2D eigenvalue weighted by Crippen LogP contribution is 2.27. The Balaban J connectivity index is 1.81. The highest BCUT2D eigenvalue weighted by atomic mass is 19.4. The first-order valence-corrected chi connectivity index (χ1v) is 7.08. The fraction of sp³-hybridized carbons (Fsp3) is 0.500. The number of pyridine rings is 1. The Morgan fingerprint density at radius 2 is 2.13 bits per heavy atom. The molecule has 2 amide bonds. The van der Waals surface area contributed by atoms with Crippen LogP contribution in [-0.4, -0.2) is 41.3 Å². The SMILES string of the molecule is NC(=O)C(=O)NC[C@H]1CCN(Cc2ccc(C(F)(F)F)nc2)C1. The summed E-state index contributed by atoms with van der Waals surface area (Å²) in [5.41, 5.74) is 4.63. The zero-order valence-electron chi connectivity index (χ0n) is 12.3. The zero-order valence-corrected chi connectivity index (χ0v) is 12.3. The first-order chi connectivity index (χ1) is 10.8. The number of nitrogens with one attached hydrogen (secondary N) is 1. The molecule has 1 saturated heterocycles. The van der Waals surface area contributed by atoms with Crippen LogP contribution in [0.1, 0.15) is 17.7 Å². The molecule has 126 valence electrons. The molecule has 1 aromatic rings. The van der Waals surface area contributed by atoms with Gasteiger partial charge in [0.1, 0.15) is 5.69 Å². The van der Waals surface area contributed by atoms with Crippen molar-refractivity contribution in [3.05, 3.63) is 29.6 Å². The van der Waals surface area contributed by atoms with E-state index < -0.39 is 23.7 Å². The minimum Gasteiger partial charge on any atom is -0.361 e. The van der Waals surface area contributed by atoms with E-state index in [9.17, 15) is 22.8 Å². The molecule has 0 aliphatic carbocycles. The van der Waals surface area contributed by atoms with Crippen LogP contribution >= 0.6 is 0 Å². The summed E-state index contributed by atoms with van der Waals surface area (Å²) in [5.74, 6) is -1.65. The lowest BCUT2D eigenvalue weighted by molar-refractivity contribution is -0.141. The van der Waals surface area contributed by atoms with Crippen LogP contribution in [0.5, 0.6) is 0 Å². The van der Waals surface area contributed by atoms with E-state index in [1.807, 2.05) is 0 Å². The number of carbonyl (C=O) groups is 2. The van der Waals surface area contributed by atoms with Gasteiger partial charge in [0.05, 0.1) is 0 Å². The molecule has 0 saturated carbocycles. The fourth-order valence-electron chi connectivity index (χ4n) is 2.49. The maximum atomic E-state index is 12.4. The summed E-state index contributed by atoms with van der Waals surface area (Å²) in [6.07, 6.45) is -2.38. The smallest absolute Gasteiger partial charge is 0.361 e. The summed E-state index contributed by atoms with van der Waals surface area (Å²) in [4.78, 5) is 27.2. The molecule has 0 bridgehead atoms. The molecule has 3 N–H and O–H groups in total. The van der Waals surface area contributed by atoms with E-state index in [1.165, 1.54) is 12.3 Å². The number of hydrogen-bond donors (Lipinski definition) is 2. The topological polar surface area (TPSA) is 88.3 Å². The summed E-state index contributed by atoms with van der Waals surface area (Å²) < 4.78 is 37.3. The molecule has 0 radical (unpaired) electrons. The summed E-state index contributed by atoms with van der Waals surface area (Å²) in [5, 5.41) is 2.46. The van der Waals surface area contributed by atoms with Crippen molar-refractivity contribution in [3.8, 4) is 0 Å². The molecule has 1 atom stereocenters. The Labute approximate surface area is 130 Å². The third kappa shape index (κ3) is 4.92. The molecule has 0 unspecified atom stereocenters. The predicted molar refractivity (Wildman–Crippen MR) is 74.8 cm³/mol. The zero-order chi connectivity index (χ0) is 17.0. The number of primary amides is 1. The van der Waals surface area contributed by atoms with E-state index >= 15 is 0 Å². The second-order valence-corrected chi connectivity index (χ2v) is 5.51. The van der Waals surface area contributed by atoms with Crippen LogP contribution < -0.4 is 11.1 Å². The minimum atomic E-state index is -4.43. The third-order valence-electron chi connectivity index (χ3n) is 3.67. The number of likely N-dealkylation sites (tertiary alicyclic amines) is 1. The largest absolute Gasteiger partial charge is 0.433 e. The van der Waals surface area contributed by atoms with Gasteiger partial charge in [-0.1, -0.05) is 6.07 Å². The van der Waals surface area contributed by atoms with Crippen molar-refractivity contribution in [1.29, 1.82) is 0 Å². The minimum absolute atomic E-state index is 0.181. The van der Waals surface area contributed by atoms with Crippen molar-refractivity contribution in [2.45, 2.75) is 19.1 Å². The van der Waals surface area contributed by atoms with E-state index in [0.717, 1.165) is 19.0 Å². The molecule has 0 spiro atoms. The predicted octanol–water partition coefficient (Wildman–Crippen LogP) is 0.524. The van der Waals surface area contributed by atoms with Crippen LogP contribution in [0, 0.1) is 5.92 Å². The molecule has 2 heterocycles. The van der Waals surface area contributed by atoms with E-state index in [1.54, 1.807) is 0 Å². The number of nitrogens with zero attached hydrogens (tertiary/aromatic N) is 2. The maximum absolute atomic E-state index is 12.4. The fourth-order valence-corrected chi connectivity index (χ4v) is 2.49. The van der Waals surface area contributed by atoms with Gasteiger partial charge in [-0.15, -0.1) is 0 Å². The monoisotopic (exact) mass is 330 g/mol. The lowest BCUT2D eigenvalue weighted by Crippen LogP contribution is -2.39. The molecule has 1 aliphatic rings. The third-order valence-corrected chi connectivity index (χ3v) is 3.67. The van der Waals surface area contributed by atoms with E-state index in [4.69, 9.17) is 5.73 Å². The Bertz CT molecular complexity index is 574. The number of amides is 2. The molecule has 0 aromatic carbocycles. The van der Waals surface area contributed by atoms with Gasteiger partial charge in [-0.2, -0.15) is 13.2 Å². The Morgan fingerprint density at radius 1 is 1.39 bits per heavy atom. The number of aromatic nitrogens is 1. The van der Waals surface area contributed by atoms with Gasteiger partial charge < -0.3 is 11.1 Å². The molecule has 9 heteroatoms. The van der Waals surface area contributed by atoms with Crippen molar-refractivity contribution in [2.75, 3.05) is 19.6 Å². The highest BCUT2D eigenvalue weighted by Gasteiger charge is 2.32. The van der Waals surface area contributed by atoms with Crippen LogP contribution in [0.15, 0.2) is 18.3 Å². The summed E-state index contributed by atoms with van der Waals surface area (Å²) in [6, 6.07) is 2.38. The average Bonchev–Trinajstić information content (AvgIpc) is 2.91. The molecule has 1 fully saturated rings. The maximum Gasteiger partial charge on any atom is 0.433 e. The van der Waals surface area contributed by atoms with Crippen molar-refractivity contribution >= 4 is 11.8 Å². The molecule has 23 heavy (non-hydrogen) atoms. The van der Waals surface area contributed by atoms with Crippen LogP contribution in [0.25, 0.3) is 0 Å². The van der Waals surface area contributed by atoms with E-state index in [-0.39, 0.29) is 5.92 Å². The van der Waals surface area contributed by atoms with Gasteiger partial charge >= 0.3 is 18.0 Å². The van der Waals surface area contributed by atoms with Crippen LogP contribution in [0.3, 0.4) is 0 Å². The average molecular weight is 330 g/mol. The first kappa shape index (κ1) is 17.2. The van der Waals surface area contributed by atoms with Crippen LogP contribution in [0.2, 0.25) is 0 Å².